The van der Waals surface area contributed by atoms with Crippen molar-refractivity contribution in [2.45, 2.75) is 77.6 Å². The number of carbonyl (C=O) groups excluding carboxylic acids is 4. The highest BCUT2D eigenvalue weighted by atomic mass is 16.5. The molecule has 0 aliphatic carbocycles. The van der Waals surface area contributed by atoms with E-state index in [1.165, 1.54) is 0 Å². The molecular weight excluding hydrogens is 620 g/mol. The summed E-state index contributed by atoms with van der Waals surface area (Å²) in [6.45, 7) is 10.8. The minimum Gasteiger partial charge on any atom is -0.483 e. The van der Waals surface area contributed by atoms with Crippen LogP contribution in [0.5, 0.6) is 5.75 Å². The lowest BCUT2D eigenvalue weighted by molar-refractivity contribution is -0.128. The van der Waals surface area contributed by atoms with E-state index in [9.17, 15) is 14.4 Å². The number of rotatable bonds is 16. The van der Waals surface area contributed by atoms with Crippen LogP contribution in [0.2, 0.25) is 0 Å². The molecule has 1 heterocycles. The minimum atomic E-state index is -0.614. The van der Waals surface area contributed by atoms with Crippen molar-refractivity contribution in [1.82, 2.24) is 20.9 Å². The molecule has 0 saturated carbocycles. The average Bonchev–Trinajstić information content (AvgIpc) is 3.09. The van der Waals surface area contributed by atoms with Gasteiger partial charge in [0, 0.05) is 26.2 Å². The van der Waals surface area contributed by atoms with E-state index in [0.29, 0.717) is 38.1 Å². The number of urea groups is 1. The minimum absolute atomic E-state index is 0.0866. The molecule has 3 aromatic carbocycles. The maximum absolute atomic E-state index is 14.0. The second-order valence-corrected chi connectivity index (χ2v) is 12.7. The molecule has 10 heteroatoms. The fourth-order valence-electron chi connectivity index (χ4n) is 6.36. The van der Waals surface area contributed by atoms with Crippen molar-refractivity contribution >= 4 is 24.6 Å². The summed E-state index contributed by atoms with van der Waals surface area (Å²) < 4.78 is 12.1. The second-order valence-electron chi connectivity index (χ2n) is 12.7. The number of benzene rings is 3. The van der Waals surface area contributed by atoms with E-state index in [1.807, 2.05) is 113 Å². The van der Waals surface area contributed by atoms with Crippen molar-refractivity contribution in [3.05, 3.63) is 101 Å². The number of carbonyl (C=O) groups is 4. The molecule has 3 N–H and O–H groups in total. The third kappa shape index (κ3) is 11.7. The first-order valence-electron chi connectivity index (χ1n) is 16.9. The monoisotopic (exact) mass is 672 g/mol. The lowest BCUT2D eigenvalue weighted by atomic mass is 9.92. The van der Waals surface area contributed by atoms with Crippen LogP contribution in [0, 0.1) is 19.8 Å². The van der Waals surface area contributed by atoms with Crippen LogP contribution < -0.4 is 20.7 Å². The fraction of sp³-hybridized carbons (Fsp3) is 0.436. The molecule has 264 valence electrons. The van der Waals surface area contributed by atoms with Gasteiger partial charge in [-0.3, -0.25) is 9.59 Å². The Morgan fingerprint density at radius 2 is 1.47 bits per heavy atom. The molecule has 0 spiro atoms. The van der Waals surface area contributed by atoms with Crippen molar-refractivity contribution in [3.8, 4) is 5.75 Å². The first-order chi connectivity index (χ1) is 23.7. The maximum atomic E-state index is 14.0. The zero-order valence-corrected chi connectivity index (χ0v) is 29.4. The second kappa shape index (κ2) is 20.0. The number of ether oxygens (including phenoxy) is 2. The molecule has 4 atom stereocenters. The van der Waals surface area contributed by atoms with Crippen molar-refractivity contribution in [1.29, 1.82) is 0 Å². The quantitative estimate of drug-likeness (QED) is 0.201. The van der Waals surface area contributed by atoms with E-state index in [2.05, 4.69) is 16.0 Å². The average molecular weight is 673 g/mol. The van der Waals surface area contributed by atoms with Gasteiger partial charge < -0.3 is 35.1 Å². The summed E-state index contributed by atoms with van der Waals surface area (Å²) in [7, 11) is 1.64. The van der Waals surface area contributed by atoms with Gasteiger partial charge >= 0.3 is 6.03 Å². The summed E-state index contributed by atoms with van der Waals surface area (Å²) in [5.41, 5.74) is 4.05. The molecule has 0 radical (unpaired) electrons. The standard InChI is InChI=1S/C38H50N4O5.CH2O/c1-26(2)35(42-21-13-20-39-38(42)45)37(44)40-31(22-29-16-8-6-9-17-29)24-33(46-5)32(23-30-18-10-7-11-19-30)41-34(43)25-47-36-27(3)14-12-15-28(36)4;1-2/h6-12,14-19,26,31-33,35H,13,20-25H2,1-5H3,(H,39,45)(H,40,44)(H,41,43);1H2/t31-,32-,33?,35?;/m0./s1. The zero-order chi connectivity index (χ0) is 35.8. The third-order valence-corrected chi connectivity index (χ3v) is 8.69. The number of nitrogens with one attached hydrogen (secondary N) is 3. The van der Waals surface area contributed by atoms with Gasteiger partial charge in [0.1, 0.15) is 18.6 Å². The van der Waals surface area contributed by atoms with E-state index in [1.54, 1.807) is 12.0 Å². The Hall–Kier alpha value is -4.70. The largest absolute Gasteiger partial charge is 0.483 e. The zero-order valence-electron chi connectivity index (χ0n) is 29.4. The van der Waals surface area contributed by atoms with Crippen LogP contribution in [0.4, 0.5) is 4.79 Å². The lowest BCUT2D eigenvalue weighted by Crippen LogP contribution is -2.59. The van der Waals surface area contributed by atoms with Crippen LogP contribution in [-0.4, -0.2) is 80.6 Å². The summed E-state index contributed by atoms with van der Waals surface area (Å²) in [5.74, 6) is 0.170. The van der Waals surface area contributed by atoms with Crippen LogP contribution in [0.1, 0.15) is 48.9 Å². The van der Waals surface area contributed by atoms with Crippen LogP contribution in [-0.2, 0) is 32.0 Å². The van der Waals surface area contributed by atoms with Gasteiger partial charge in [-0.25, -0.2) is 4.79 Å². The highest BCUT2D eigenvalue weighted by Crippen LogP contribution is 2.23. The lowest BCUT2D eigenvalue weighted by Gasteiger charge is -2.37. The summed E-state index contributed by atoms with van der Waals surface area (Å²) in [5, 5.41) is 9.34. The Morgan fingerprint density at radius 1 is 0.878 bits per heavy atom. The summed E-state index contributed by atoms with van der Waals surface area (Å²) in [4.78, 5) is 49.7. The van der Waals surface area contributed by atoms with Gasteiger partial charge in [0.25, 0.3) is 5.91 Å². The molecule has 2 unspecified atom stereocenters. The van der Waals surface area contributed by atoms with Crippen molar-refractivity contribution in [3.63, 3.8) is 0 Å². The summed E-state index contributed by atoms with van der Waals surface area (Å²) in [6, 6.07) is 24.3. The predicted molar refractivity (Wildman–Crippen MR) is 191 cm³/mol. The first kappa shape index (κ1) is 38.7. The van der Waals surface area contributed by atoms with E-state index < -0.39 is 18.2 Å². The van der Waals surface area contributed by atoms with Crippen molar-refractivity contribution in [2.75, 3.05) is 26.8 Å². The highest BCUT2D eigenvalue weighted by molar-refractivity contribution is 5.87. The molecule has 0 bridgehead atoms. The van der Waals surface area contributed by atoms with E-state index in [4.69, 9.17) is 14.3 Å². The molecule has 4 rings (SSSR count). The van der Waals surface area contributed by atoms with Gasteiger partial charge in [-0.15, -0.1) is 0 Å². The molecule has 1 fully saturated rings. The van der Waals surface area contributed by atoms with Gasteiger partial charge in [0.05, 0.1) is 12.1 Å². The number of amides is 4. The Balaban J connectivity index is 0.00000319. The van der Waals surface area contributed by atoms with Gasteiger partial charge in [-0.05, 0) is 67.7 Å². The Morgan fingerprint density at radius 3 is 2.02 bits per heavy atom. The van der Waals surface area contributed by atoms with E-state index in [-0.39, 0.29) is 36.4 Å². The smallest absolute Gasteiger partial charge is 0.318 e. The van der Waals surface area contributed by atoms with Gasteiger partial charge in [-0.1, -0.05) is 92.7 Å². The van der Waals surface area contributed by atoms with Gasteiger partial charge in [-0.2, -0.15) is 0 Å². The maximum Gasteiger partial charge on any atom is 0.318 e. The normalized spacial score (nSPS) is 15.1. The third-order valence-electron chi connectivity index (χ3n) is 8.69. The molecule has 4 amide bonds. The number of para-hydroxylation sites is 1. The molecule has 0 aromatic heterocycles. The number of nitrogens with zero attached hydrogens (tertiary/aromatic N) is 1. The van der Waals surface area contributed by atoms with Crippen LogP contribution in [0.3, 0.4) is 0 Å². The van der Waals surface area contributed by atoms with E-state index in [0.717, 1.165) is 28.7 Å². The van der Waals surface area contributed by atoms with Crippen LogP contribution in [0.15, 0.2) is 78.9 Å². The van der Waals surface area contributed by atoms with E-state index >= 15 is 0 Å². The fourth-order valence-corrected chi connectivity index (χ4v) is 6.36. The van der Waals surface area contributed by atoms with Crippen molar-refractivity contribution < 1.29 is 28.7 Å². The Labute approximate surface area is 290 Å². The van der Waals surface area contributed by atoms with Gasteiger partial charge in [0.15, 0.2) is 6.61 Å². The topological polar surface area (TPSA) is 126 Å². The molecule has 10 nitrogen and oxygen atoms in total. The number of aryl methyl sites for hydroxylation is 2. The predicted octanol–water partition coefficient (Wildman–Crippen LogP) is 4.80. The molecule has 1 aliphatic heterocycles. The first-order valence-corrected chi connectivity index (χ1v) is 16.9. The SMILES string of the molecule is C=O.COC(C[C@H](Cc1ccccc1)NC(=O)C(C(C)C)N1CCCNC1=O)[C@H](Cc1ccccc1)NC(=O)COc1c(C)cccc1C. The molecule has 1 saturated heterocycles. The van der Waals surface area contributed by atoms with Gasteiger partial charge in [0.2, 0.25) is 5.91 Å². The Kier molecular flexibility index (Phi) is 15.8. The Bertz CT molecular complexity index is 1450. The van der Waals surface area contributed by atoms with Crippen molar-refractivity contribution in [2.24, 2.45) is 5.92 Å². The molecule has 3 aromatic rings. The number of hydrogen-bond acceptors (Lipinski definition) is 6. The summed E-state index contributed by atoms with van der Waals surface area (Å²) >= 11 is 0. The number of hydrogen-bond donors (Lipinski definition) is 3. The molecule has 1 aliphatic rings. The molecular formula is C39H52N4O6. The molecule has 49 heavy (non-hydrogen) atoms. The highest BCUT2D eigenvalue weighted by Gasteiger charge is 2.36. The summed E-state index contributed by atoms with van der Waals surface area (Å²) in [6.07, 6.45) is 1.87. The van der Waals surface area contributed by atoms with Crippen LogP contribution >= 0.6 is 0 Å². The number of methoxy groups -OCH3 is 1. The van der Waals surface area contributed by atoms with Crippen LogP contribution in [0.25, 0.3) is 0 Å².